The first-order valence-electron chi connectivity index (χ1n) is 6.11. The van der Waals surface area contributed by atoms with E-state index < -0.39 is 0 Å². The maximum Gasteiger partial charge on any atom is 0.255 e. The van der Waals surface area contributed by atoms with Crippen molar-refractivity contribution in [2.75, 3.05) is 39.2 Å². The second-order valence-corrected chi connectivity index (χ2v) is 4.24. The maximum atomic E-state index is 12.1. The number of nitrogen functional groups attached to an aromatic ring is 1. The summed E-state index contributed by atoms with van der Waals surface area (Å²) >= 11 is 0. The van der Waals surface area contributed by atoms with E-state index in [0.717, 1.165) is 0 Å². The summed E-state index contributed by atoms with van der Waals surface area (Å²) in [5.41, 5.74) is 6.61. The minimum absolute atomic E-state index is 0.107. The summed E-state index contributed by atoms with van der Waals surface area (Å²) in [6.07, 6.45) is -0.107. The van der Waals surface area contributed by atoms with Crippen molar-refractivity contribution in [2.24, 2.45) is 0 Å². The van der Waals surface area contributed by atoms with Gasteiger partial charge in [-0.2, -0.15) is 0 Å². The smallest absolute Gasteiger partial charge is 0.255 e. The molecular weight excluding hydrogens is 248 g/mol. The molecule has 1 heterocycles. The van der Waals surface area contributed by atoms with Gasteiger partial charge in [-0.3, -0.25) is 4.79 Å². The highest BCUT2D eigenvalue weighted by Gasteiger charge is 2.17. The molecule has 0 saturated carbocycles. The van der Waals surface area contributed by atoms with E-state index in [0.29, 0.717) is 43.4 Å². The average Bonchev–Trinajstić information content (AvgIpc) is 2.46. The van der Waals surface area contributed by atoms with E-state index in [9.17, 15) is 4.79 Å². The van der Waals surface area contributed by atoms with Crippen molar-refractivity contribution in [1.29, 1.82) is 0 Å². The molecule has 0 radical (unpaired) electrons. The Kier molecular flexibility index (Phi) is 4.59. The topological polar surface area (TPSA) is 82.8 Å². The van der Waals surface area contributed by atoms with E-state index in [1.807, 2.05) is 0 Å². The number of nitrogens with one attached hydrogen (secondary N) is 1. The maximum absolute atomic E-state index is 12.1. The lowest BCUT2D eigenvalue weighted by Crippen LogP contribution is -2.39. The lowest BCUT2D eigenvalue weighted by molar-refractivity contribution is -0.0855. The summed E-state index contributed by atoms with van der Waals surface area (Å²) in [6.45, 7) is 2.06. The molecule has 0 bridgehead atoms. The molecule has 2 rings (SSSR count). The molecule has 1 amide bonds. The van der Waals surface area contributed by atoms with Crippen LogP contribution < -0.4 is 15.8 Å². The summed E-state index contributed by atoms with van der Waals surface area (Å²) in [6, 6.07) is 4.95. The Bertz CT molecular complexity index is 444. The second kappa shape index (κ2) is 6.40. The fourth-order valence-corrected chi connectivity index (χ4v) is 1.86. The van der Waals surface area contributed by atoms with Gasteiger partial charge in [0, 0.05) is 12.2 Å². The zero-order chi connectivity index (χ0) is 13.7. The molecule has 1 aliphatic rings. The molecule has 0 aromatic heterocycles. The van der Waals surface area contributed by atoms with E-state index in [1.165, 1.54) is 7.11 Å². The van der Waals surface area contributed by atoms with Gasteiger partial charge < -0.3 is 25.3 Å². The van der Waals surface area contributed by atoms with Gasteiger partial charge in [0.2, 0.25) is 0 Å². The number of nitrogens with two attached hydrogens (primary N) is 1. The SMILES string of the molecule is COc1ccc(N)cc1C(=O)NCC1COCCO1. The first-order valence-corrected chi connectivity index (χ1v) is 6.11. The summed E-state index contributed by atoms with van der Waals surface area (Å²) in [5, 5.41) is 2.79. The Morgan fingerprint density at radius 2 is 2.37 bits per heavy atom. The number of anilines is 1. The number of benzene rings is 1. The van der Waals surface area contributed by atoms with Crippen molar-refractivity contribution in [3.63, 3.8) is 0 Å². The van der Waals surface area contributed by atoms with Crippen LogP contribution in [0.5, 0.6) is 5.75 Å². The van der Waals surface area contributed by atoms with E-state index in [-0.39, 0.29) is 12.0 Å². The molecule has 104 valence electrons. The predicted octanol–water partition coefficient (Wildman–Crippen LogP) is 0.423. The number of ether oxygens (including phenoxy) is 3. The van der Waals surface area contributed by atoms with Gasteiger partial charge in [0.05, 0.1) is 38.6 Å². The van der Waals surface area contributed by atoms with Crippen molar-refractivity contribution in [3.8, 4) is 5.75 Å². The fourth-order valence-electron chi connectivity index (χ4n) is 1.86. The van der Waals surface area contributed by atoms with Crippen LogP contribution in [0.3, 0.4) is 0 Å². The van der Waals surface area contributed by atoms with Crippen LogP contribution >= 0.6 is 0 Å². The molecule has 1 unspecified atom stereocenters. The van der Waals surface area contributed by atoms with Gasteiger partial charge in [-0.05, 0) is 18.2 Å². The number of amides is 1. The van der Waals surface area contributed by atoms with Gasteiger partial charge in [-0.15, -0.1) is 0 Å². The van der Waals surface area contributed by atoms with Gasteiger partial charge in [0.15, 0.2) is 0 Å². The Morgan fingerprint density at radius 3 is 3.05 bits per heavy atom. The van der Waals surface area contributed by atoms with Crippen molar-refractivity contribution in [2.45, 2.75) is 6.10 Å². The van der Waals surface area contributed by atoms with Crippen molar-refractivity contribution < 1.29 is 19.0 Å². The normalized spacial score (nSPS) is 18.9. The zero-order valence-electron chi connectivity index (χ0n) is 10.8. The minimum Gasteiger partial charge on any atom is -0.496 e. The quantitative estimate of drug-likeness (QED) is 0.772. The summed E-state index contributed by atoms with van der Waals surface area (Å²) in [5.74, 6) is 0.255. The van der Waals surface area contributed by atoms with Crippen LogP contribution in [-0.4, -0.2) is 45.5 Å². The highest BCUT2D eigenvalue weighted by molar-refractivity contribution is 5.97. The average molecular weight is 266 g/mol. The highest BCUT2D eigenvalue weighted by atomic mass is 16.6. The van der Waals surface area contributed by atoms with Crippen LogP contribution in [0.15, 0.2) is 18.2 Å². The van der Waals surface area contributed by atoms with Crippen LogP contribution in [0.2, 0.25) is 0 Å². The Morgan fingerprint density at radius 1 is 1.53 bits per heavy atom. The molecule has 1 saturated heterocycles. The Labute approximate surface area is 111 Å². The number of methoxy groups -OCH3 is 1. The molecule has 6 nitrogen and oxygen atoms in total. The Hall–Kier alpha value is -1.79. The standard InChI is InChI=1S/C13H18N2O4/c1-17-12-3-2-9(14)6-11(12)13(16)15-7-10-8-18-4-5-19-10/h2-3,6,10H,4-5,7-8,14H2,1H3,(H,15,16). The number of carbonyl (C=O) groups excluding carboxylic acids is 1. The molecule has 6 heteroatoms. The predicted molar refractivity (Wildman–Crippen MR) is 70.3 cm³/mol. The summed E-state index contributed by atoms with van der Waals surface area (Å²) < 4.78 is 15.9. The van der Waals surface area contributed by atoms with E-state index in [1.54, 1.807) is 18.2 Å². The first-order chi connectivity index (χ1) is 9.20. The van der Waals surface area contributed by atoms with Crippen LogP contribution in [0.4, 0.5) is 5.69 Å². The lowest BCUT2D eigenvalue weighted by Gasteiger charge is -2.23. The summed E-state index contributed by atoms with van der Waals surface area (Å²) in [4.78, 5) is 12.1. The molecule has 1 aliphatic heterocycles. The lowest BCUT2D eigenvalue weighted by atomic mass is 10.1. The second-order valence-electron chi connectivity index (χ2n) is 4.24. The van der Waals surface area contributed by atoms with Gasteiger partial charge in [-0.25, -0.2) is 0 Å². The molecule has 1 atom stereocenters. The monoisotopic (exact) mass is 266 g/mol. The van der Waals surface area contributed by atoms with E-state index >= 15 is 0 Å². The van der Waals surface area contributed by atoms with Crippen molar-refractivity contribution >= 4 is 11.6 Å². The van der Waals surface area contributed by atoms with Gasteiger partial charge in [-0.1, -0.05) is 0 Å². The molecule has 0 spiro atoms. The van der Waals surface area contributed by atoms with Crippen LogP contribution in [0.1, 0.15) is 10.4 Å². The largest absolute Gasteiger partial charge is 0.496 e. The third kappa shape index (κ3) is 3.59. The molecule has 19 heavy (non-hydrogen) atoms. The van der Waals surface area contributed by atoms with Gasteiger partial charge in [0.1, 0.15) is 5.75 Å². The third-order valence-corrected chi connectivity index (χ3v) is 2.84. The van der Waals surface area contributed by atoms with Crippen LogP contribution in [-0.2, 0) is 9.47 Å². The van der Waals surface area contributed by atoms with Gasteiger partial charge in [0.25, 0.3) is 5.91 Å². The molecular formula is C13H18N2O4. The van der Waals surface area contributed by atoms with Crippen LogP contribution in [0, 0.1) is 0 Å². The molecule has 1 fully saturated rings. The van der Waals surface area contributed by atoms with Gasteiger partial charge >= 0.3 is 0 Å². The molecule has 1 aromatic rings. The highest BCUT2D eigenvalue weighted by Crippen LogP contribution is 2.20. The van der Waals surface area contributed by atoms with Crippen LogP contribution in [0.25, 0.3) is 0 Å². The third-order valence-electron chi connectivity index (χ3n) is 2.84. The molecule has 1 aromatic carbocycles. The first kappa shape index (κ1) is 13.6. The molecule has 0 aliphatic carbocycles. The fraction of sp³-hybridized carbons (Fsp3) is 0.462. The van der Waals surface area contributed by atoms with Crippen molar-refractivity contribution in [3.05, 3.63) is 23.8 Å². The molecule has 3 N–H and O–H groups in total. The number of hydrogen-bond donors (Lipinski definition) is 2. The number of carbonyl (C=O) groups is 1. The van der Waals surface area contributed by atoms with E-state index in [4.69, 9.17) is 19.9 Å². The minimum atomic E-state index is -0.238. The summed E-state index contributed by atoms with van der Waals surface area (Å²) in [7, 11) is 1.51. The Balaban J connectivity index is 1.97. The number of hydrogen-bond acceptors (Lipinski definition) is 5. The van der Waals surface area contributed by atoms with E-state index in [2.05, 4.69) is 5.32 Å². The van der Waals surface area contributed by atoms with Crippen molar-refractivity contribution in [1.82, 2.24) is 5.32 Å². The zero-order valence-corrected chi connectivity index (χ0v) is 10.8. The number of rotatable bonds is 4.